The molecule has 128 valence electrons. The highest BCUT2D eigenvalue weighted by Gasteiger charge is 2.02. The largest absolute Gasteiger partial charge is 0.370 e. The Morgan fingerprint density at radius 1 is 1.00 bits per heavy atom. The minimum Gasteiger partial charge on any atom is -0.370 e. The smallest absolute Gasteiger partial charge is 0.251 e. The third-order valence-electron chi connectivity index (χ3n) is 3.55. The number of guanidine groups is 1. The standard InChI is InChI=1S/C18H30N4O/c1-2-3-4-5-6-10-13-21-18(19)22-15-14-20-17(23)16-11-8-7-9-12-16/h7-9,11-12H,2-6,10,13-15H2,1H3,(H,20,23)(H3,19,21,22). The van der Waals surface area contributed by atoms with Crippen LogP contribution < -0.4 is 16.4 Å². The van der Waals surface area contributed by atoms with Gasteiger partial charge in [-0.3, -0.25) is 9.79 Å². The molecular formula is C18H30N4O. The number of nitrogens with two attached hydrogens (primary N) is 1. The van der Waals surface area contributed by atoms with Crippen molar-refractivity contribution in [2.75, 3.05) is 19.6 Å². The van der Waals surface area contributed by atoms with Gasteiger partial charge in [-0.1, -0.05) is 57.2 Å². The second kappa shape index (κ2) is 12.5. The van der Waals surface area contributed by atoms with Crippen molar-refractivity contribution in [1.82, 2.24) is 10.6 Å². The molecule has 5 nitrogen and oxygen atoms in total. The highest BCUT2D eigenvalue weighted by atomic mass is 16.1. The van der Waals surface area contributed by atoms with E-state index >= 15 is 0 Å². The minimum absolute atomic E-state index is 0.0741. The first-order valence-electron chi connectivity index (χ1n) is 8.61. The van der Waals surface area contributed by atoms with E-state index < -0.39 is 0 Å². The van der Waals surface area contributed by atoms with Crippen LogP contribution in [-0.4, -0.2) is 31.5 Å². The molecule has 5 heteroatoms. The molecular weight excluding hydrogens is 288 g/mol. The topological polar surface area (TPSA) is 79.5 Å². The van der Waals surface area contributed by atoms with Gasteiger partial charge in [0.15, 0.2) is 5.96 Å². The molecule has 0 saturated heterocycles. The van der Waals surface area contributed by atoms with Crippen LogP contribution in [0.1, 0.15) is 55.8 Å². The molecule has 0 atom stereocenters. The van der Waals surface area contributed by atoms with E-state index in [9.17, 15) is 4.79 Å². The van der Waals surface area contributed by atoms with Gasteiger partial charge in [-0.05, 0) is 18.6 Å². The summed E-state index contributed by atoms with van der Waals surface area (Å²) < 4.78 is 0. The van der Waals surface area contributed by atoms with Crippen molar-refractivity contribution < 1.29 is 4.79 Å². The van der Waals surface area contributed by atoms with Crippen LogP contribution in [0, 0.1) is 0 Å². The van der Waals surface area contributed by atoms with E-state index in [2.05, 4.69) is 22.5 Å². The zero-order valence-electron chi connectivity index (χ0n) is 14.2. The third kappa shape index (κ3) is 9.55. The summed E-state index contributed by atoms with van der Waals surface area (Å²) in [5.74, 6) is 0.377. The Balaban J connectivity index is 2.04. The van der Waals surface area contributed by atoms with Crippen molar-refractivity contribution in [3.05, 3.63) is 35.9 Å². The SMILES string of the molecule is CCCCCCCCN=C(N)NCCNC(=O)c1ccccc1. The van der Waals surface area contributed by atoms with Gasteiger partial charge >= 0.3 is 0 Å². The first-order valence-corrected chi connectivity index (χ1v) is 8.61. The summed E-state index contributed by atoms with van der Waals surface area (Å²) >= 11 is 0. The maximum Gasteiger partial charge on any atom is 0.251 e. The van der Waals surface area contributed by atoms with Gasteiger partial charge < -0.3 is 16.4 Å². The van der Waals surface area contributed by atoms with Crippen molar-refractivity contribution in [2.24, 2.45) is 10.7 Å². The second-order valence-corrected chi connectivity index (χ2v) is 5.58. The lowest BCUT2D eigenvalue weighted by Crippen LogP contribution is -2.38. The van der Waals surface area contributed by atoms with Gasteiger partial charge in [-0.15, -0.1) is 0 Å². The average Bonchev–Trinajstić information content (AvgIpc) is 2.58. The number of hydrogen-bond donors (Lipinski definition) is 3. The number of benzene rings is 1. The Hall–Kier alpha value is -2.04. The fourth-order valence-corrected chi connectivity index (χ4v) is 2.21. The maximum atomic E-state index is 11.8. The molecule has 0 aliphatic carbocycles. The van der Waals surface area contributed by atoms with Crippen molar-refractivity contribution in [3.63, 3.8) is 0 Å². The maximum absolute atomic E-state index is 11.8. The van der Waals surface area contributed by atoms with Crippen LogP contribution >= 0.6 is 0 Å². The number of nitrogens with zero attached hydrogens (tertiary/aromatic N) is 1. The lowest BCUT2D eigenvalue weighted by atomic mass is 10.1. The molecule has 0 saturated carbocycles. The first kappa shape index (κ1) is 19.0. The molecule has 23 heavy (non-hydrogen) atoms. The van der Waals surface area contributed by atoms with Gasteiger partial charge in [0.25, 0.3) is 5.91 Å². The van der Waals surface area contributed by atoms with Crippen LogP contribution in [0.4, 0.5) is 0 Å². The Labute approximate surface area is 139 Å². The van der Waals surface area contributed by atoms with Gasteiger partial charge in [-0.25, -0.2) is 0 Å². The van der Waals surface area contributed by atoms with E-state index in [1.54, 1.807) is 12.1 Å². The van der Waals surface area contributed by atoms with Crippen LogP contribution in [0.15, 0.2) is 35.3 Å². The fraction of sp³-hybridized carbons (Fsp3) is 0.556. The predicted molar refractivity (Wildman–Crippen MR) is 96.6 cm³/mol. The van der Waals surface area contributed by atoms with Crippen LogP contribution in [-0.2, 0) is 0 Å². The fourth-order valence-electron chi connectivity index (χ4n) is 2.21. The zero-order valence-corrected chi connectivity index (χ0v) is 14.2. The summed E-state index contributed by atoms with van der Waals surface area (Å²) in [6, 6.07) is 9.16. The number of rotatable bonds is 11. The number of carbonyl (C=O) groups excluding carboxylic acids is 1. The van der Waals surface area contributed by atoms with E-state index in [0.717, 1.165) is 13.0 Å². The third-order valence-corrected chi connectivity index (χ3v) is 3.55. The van der Waals surface area contributed by atoms with E-state index in [4.69, 9.17) is 5.73 Å². The Morgan fingerprint density at radius 2 is 1.65 bits per heavy atom. The van der Waals surface area contributed by atoms with Crippen LogP contribution in [0.5, 0.6) is 0 Å². The Kier molecular flexibility index (Phi) is 10.3. The highest BCUT2D eigenvalue weighted by Crippen LogP contribution is 2.04. The molecule has 0 aromatic heterocycles. The summed E-state index contributed by atoms with van der Waals surface area (Å²) in [7, 11) is 0. The quantitative estimate of drug-likeness (QED) is 0.333. The normalized spacial score (nSPS) is 11.3. The van der Waals surface area contributed by atoms with E-state index in [1.165, 1.54) is 32.1 Å². The molecule has 1 aromatic carbocycles. The number of aliphatic imine (C=N–C) groups is 1. The summed E-state index contributed by atoms with van der Waals surface area (Å²) in [5, 5.41) is 5.85. The summed E-state index contributed by atoms with van der Waals surface area (Å²) in [6.07, 6.45) is 7.48. The molecule has 0 fully saturated rings. The van der Waals surface area contributed by atoms with Crippen molar-refractivity contribution in [2.45, 2.75) is 45.4 Å². The number of unbranched alkanes of at least 4 members (excludes halogenated alkanes) is 5. The molecule has 1 amide bonds. The molecule has 0 aliphatic rings. The molecule has 0 unspecified atom stereocenters. The van der Waals surface area contributed by atoms with Gasteiger partial charge in [0.1, 0.15) is 0 Å². The molecule has 0 radical (unpaired) electrons. The minimum atomic E-state index is -0.0741. The number of amides is 1. The molecule has 4 N–H and O–H groups in total. The second-order valence-electron chi connectivity index (χ2n) is 5.58. The Morgan fingerprint density at radius 3 is 2.39 bits per heavy atom. The lowest BCUT2D eigenvalue weighted by molar-refractivity contribution is 0.0954. The molecule has 1 aromatic rings. The summed E-state index contributed by atoms with van der Waals surface area (Å²) in [5.41, 5.74) is 6.45. The zero-order chi connectivity index (χ0) is 16.8. The van der Waals surface area contributed by atoms with Crippen LogP contribution in [0.25, 0.3) is 0 Å². The predicted octanol–water partition coefficient (Wildman–Crippen LogP) is 2.68. The van der Waals surface area contributed by atoms with Crippen molar-refractivity contribution in [3.8, 4) is 0 Å². The number of nitrogens with one attached hydrogen (secondary N) is 2. The average molecular weight is 318 g/mol. The number of hydrogen-bond acceptors (Lipinski definition) is 2. The van der Waals surface area contributed by atoms with E-state index in [0.29, 0.717) is 24.6 Å². The van der Waals surface area contributed by atoms with Crippen LogP contribution in [0.2, 0.25) is 0 Å². The summed E-state index contributed by atoms with van der Waals surface area (Å²) in [4.78, 5) is 16.1. The molecule has 0 spiro atoms. The molecule has 0 heterocycles. The highest BCUT2D eigenvalue weighted by molar-refractivity contribution is 5.94. The Bertz CT molecular complexity index is 459. The lowest BCUT2D eigenvalue weighted by Gasteiger charge is -2.07. The van der Waals surface area contributed by atoms with Gasteiger partial charge in [0.05, 0.1) is 0 Å². The van der Waals surface area contributed by atoms with Crippen LogP contribution in [0.3, 0.4) is 0 Å². The number of carbonyl (C=O) groups is 1. The van der Waals surface area contributed by atoms with E-state index in [1.807, 2.05) is 18.2 Å². The van der Waals surface area contributed by atoms with E-state index in [-0.39, 0.29) is 5.91 Å². The molecule has 0 bridgehead atoms. The van der Waals surface area contributed by atoms with Gasteiger partial charge in [0, 0.05) is 25.2 Å². The van der Waals surface area contributed by atoms with Crippen molar-refractivity contribution in [1.29, 1.82) is 0 Å². The van der Waals surface area contributed by atoms with Crippen molar-refractivity contribution >= 4 is 11.9 Å². The molecule has 0 aliphatic heterocycles. The first-order chi connectivity index (χ1) is 11.2. The van der Waals surface area contributed by atoms with Gasteiger partial charge in [0.2, 0.25) is 0 Å². The summed E-state index contributed by atoms with van der Waals surface area (Å²) in [6.45, 7) is 4.08. The molecule has 1 rings (SSSR count). The van der Waals surface area contributed by atoms with Gasteiger partial charge in [-0.2, -0.15) is 0 Å². The monoisotopic (exact) mass is 318 g/mol.